The van der Waals surface area contributed by atoms with Crippen LogP contribution in [0.2, 0.25) is 0 Å². The van der Waals surface area contributed by atoms with E-state index in [0.717, 1.165) is 25.9 Å². The van der Waals surface area contributed by atoms with E-state index in [0.29, 0.717) is 32.5 Å². The molecule has 7 heteroatoms. The first-order valence-corrected chi connectivity index (χ1v) is 19.6. The van der Waals surface area contributed by atoms with Crippen molar-refractivity contribution in [2.45, 2.75) is 194 Å². The average Bonchev–Trinajstić information content (AvgIpc) is 3.02. The fraction of sp³-hybridized carbons (Fsp3) is 0.947. The number of rotatable bonds is 35. The van der Waals surface area contributed by atoms with E-state index in [2.05, 4.69) is 48.5 Å². The number of hydrogen-bond donors (Lipinski definition) is 4. The first-order valence-electron chi connectivity index (χ1n) is 19.6. The molecule has 0 aliphatic carbocycles. The first kappa shape index (κ1) is 43.8. The van der Waals surface area contributed by atoms with E-state index >= 15 is 0 Å². The Kier molecular flexibility index (Phi) is 33.3. The maximum Gasteiger partial charge on any atom is 0.221 e. The lowest BCUT2D eigenvalue weighted by Crippen LogP contribution is -2.40. The largest absolute Gasteiger partial charge is 0.395 e. The maximum atomic E-state index is 12.7. The zero-order valence-corrected chi connectivity index (χ0v) is 30.6. The summed E-state index contributed by atoms with van der Waals surface area (Å²) in [6.45, 7) is 12.2. The van der Waals surface area contributed by atoms with Gasteiger partial charge in [0.2, 0.25) is 11.8 Å². The van der Waals surface area contributed by atoms with Crippen molar-refractivity contribution >= 4 is 11.8 Å². The van der Waals surface area contributed by atoms with Gasteiger partial charge in [-0.25, -0.2) is 0 Å². The van der Waals surface area contributed by atoms with Crippen LogP contribution in [0, 0.1) is 0 Å². The highest BCUT2D eigenvalue weighted by Crippen LogP contribution is 2.13. The number of hydrogen-bond acceptors (Lipinski definition) is 5. The molecular weight excluding hydrogens is 560 g/mol. The van der Waals surface area contributed by atoms with E-state index in [4.69, 9.17) is 5.11 Å². The second kappa shape index (κ2) is 34.2. The number of carbonyl (C=O) groups is 2. The molecule has 45 heavy (non-hydrogen) atoms. The molecule has 0 aromatic heterocycles. The summed E-state index contributed by atoms with van der Waals surface area (Å²) >= 11 is 0. The van der Waals surface area contributed by atoms with Gasteiger partial charge in [-0.05, 0) is 26.7 Å². The molecule has 0 saturated heterocycles. The van der Waals surface area contributed by atoms with Crippen molar-refractivity contribution in [1.29, 1.82) is 0 Å². The molecule has 0 radical (unpaired) electrons. The van der Waals surface area contributed by atoms with E-state index in [9.17, 15) is 9.59 Å². The fourth-order valence-electron chi connectivity index (χ4n) is 6.01. The lowest BCUT2D eigenvalue weighted by Gasteiger charge is -2.23. The van der Waals surface area contributed by atoms with Gasteiger partial charge in [0.05, 0.1) is 6.61 Å². The number of amides is 2. The third-order valence-corrected chi connectivity index (χ3v) is 9.00. The van der Waals surface area contributed by atoms with E-state index in [1.807, 2.05) is 0 Å². The Morgan fingerprint density at radius 3 is 1.24 bits per heavy atom. The van der Waals surface area contributed by atoms with Crippen LogP contribution in [0.25, 0.3) is 0 Å². The highest BCUT2D eigenvalue weighted by atomic mass is 16.3. The molecule has 268 valence electrons. The lowest BCUT2D eigenvalue weighted by atomic mass is 10.0. The molecule has 0 saturated carbocycles. The lowest BCUT2D eigenvalue weighted by molar-refractivity contribution is -0.122. The van der Waals surface area contributed by atoms with Crippen molar-refractivity contribution in [3.8, 4) is 0 Å². The van der Waals surface area contributed by atoms with Crippen LogP contribution in [0.15, 0.2) is 0 Å². The summed E-state index contributed by atoms with van der Waals surface area (Å²) in [5.74, 6) is 0.190. The van der Waals surface area contributed by atoms with Gasteiger partial charge in [0.15, 0.2) is 0 Å². The monoisotopic (exact) mass is 639 g/mol. The molecule has 0 aromatic rings. The number of unbranched alkanes of at least 4 members (excludes halogenated alkanes) is 18. The Balaban J connectivity index is 4.13. The average molecular weight is 639 g/mol. The molecule has 2 atom stereocenters. The highest BCUT2D eigenvalue weighted by Gasteiger charge is 2.14. The second-order valence-electron chi connectivity index (χ2n) is 13.7. The number of aliphatic hydroxyl groups is 1. The van der Waals surface area contributed by atoms with Crippen molar-refractivity contribution in [2.75, 3.05) is 39.3 Å². The second-order valence-corrected chi connectivity index (χ2v) is 13.7. The summed E-state index contributed by atoms with van der Waals surface area (Å²) in [6, 6.07) is 0.406. The zero-order chi connectivity index (χ0) is 33.2. The Morgan fingerprint density at radius 1 is 0.533 bits per heavy atom. The molecule has 0 spiro atoms. The van der Waals surface area contributed by atoms with Gasteiger partial charge in [0.1, 0.15) is 0 Å². The van der Waals surface area contributed by atoms with Gasteiger partial charge in [-0.2, -0.15) is 0 Å². The smallest absolute Gasteiger partial charge is 0.221 e. The van der Waals surface area contributed by atoms with E-state index in [1.165, 1.54) is 128 Å². The number of aliphatic hydroxyl groups excluding tert-OH is 1. The van der Waals surface area contributed by atoms with Crippen molar-refractivity contribution < 1.29 is 14.7 Å². The quantitative estimate of drug-likeness (QED) is 0.0524. The molecule has 2 amide bonds. The first-order chi connectivity index (χ1) is 21.9. The third-order valence-electron chi connectivity index (χ3n) is 9.00. The SMILES string of the molecule is CCCCCCCCCCCCC(C)NC(=O)CCN(CCNCCO)CCC(=O)NC(C)CCCCCCCCCCCC. The predicted octanol–water partition coefficient (Wildman–Crippen LogP) is 8.28. The molecule has 0 fully saturated rings. The van der Waals surface area contributed by atoms with Crippen LogP contribution >= 0.6 is 0 Å². The number of carbonyl (C=O) groups excluding carboxylic acids is 2. The Bertz CT molecular complexity index is 600. The Labute approximate surface area is 280 Å². The van der Waals surface area contributed by atoms with Gasteiger partial charge in [0.25, 0.3) is 0 Å². The van der Waals surface area contributed by atoms with Gasteiger partial charge in [0, 0.05) is 57.6 Å². The molecule has 7 nitrogen and oxygen atoms in total. The third kappa shape index (κ3) is 32.5. The van der Waals surface area contributed by atoms with Crippen molar-refractivity contribution in [3.05, 3.63) is 0 Å². The van der Waals surface area contributed by atoms with Crippen LogP contribution in [0.4, 0.5) is 0 Å². The Morgan fingerprint density at radius 2 is 0.889 bits per heavy atom. The van der Waals surface area contributed by atoms with Gasteiger partial charge in [-0.3, -0.25) is 9.59 Å². The van der Waals surface area contributed by atoms with Crippen LogP contribution in [0.5, 0.6) is 0 Å². The fourth-order valence-corrected chi connectivity index (χ4v) is 6.01. The normalized spacial score (nSPS) is 12.8. The van der Waals surface area contributed by atoms with E-state index in [-0.39, 0.29) is 30.5 Å². The maximum absolute atomic E-state index is 12.7. The van der Waals surface area contributed by atoms with Crippen LogP contribution in [-0.2, 0) is 9.59 Å². The van der Waals surface area contributed by atoms with Crippen LogP contribution in [0.1, 0.15) is 182 Å². The summed E-state index contributed by atoms with van der Waals surface area (Å²) in [7, 11) is 0. The summed E-state index contributed by atoms with van der Waals surface area (Å²) < 4.78 is 0. The summed E-state index contributed by atoms with van der Waals surface area (Å²) in [4.78, 5) is 27.5. The predicted molar refractivity (Wildman–Crippen MR) is 194 cm³/mol. The molecule has 0 bridgehead atoms. The highest BCUT2D eigenvalue weighted by molar-refractivity contribution is 5.77. The van der Waals surface area contributed by atoms with Crippen LogP contribution in [0.3, 0.4) is 0 Å². The minimum atomic E-state index is 0.0949. The van der Waals surface area contributed by atoms with Gasteiger partial charge >= 0.3 is 0 Å². The van der Waals surface area contributed by atoms with Crippen LogP contribution in [-0.4, -0.2) is 73.2 Å². The van der Waals surface area contributed by atoms with Crippen molar-refractivity contribution in [1.82, 2.24) is 20.9 Å². The molecule has 0 heterocycles. The van der Waals surface area contributed by atoms with E-state index < -0.39 is 0 Å². The minimum Gasteiger partial charge on any atom is -0.395 e. The van der Waals surface area contributed by atoms with Crippen LogP contribution < -0.4 is 16.0 Å². The summed E-state index contributed by atoms with van der Waals surface area (Å²) in [6.07, 6.45) is 29.5. The molecule has 0 aromatic carbocycles. The zero-order valence-electron chi connectivity index (χ0n) is 30.6. The topological polar surface area (TPSA) is 93.7 Å². The summed E-state index contributed by atoms with van der Waals surface area (Å²) in [5, 5.41) is 18.7. The number of nitrogens with zero attached hydrogens (tertiary/aromatic N) is 1. The van der Waals surface area contributed by atoms with Gasteiger partial charge < -0.3 is 26.0 Å². The Hall–Kier alpha value is -1.18. The van der Waals surface area contributed by atoms with E-state index in [1.54, 1.807) is 0 Å². The molecular formula is C38H78N4O3. The standard InChI is InChI=1S/C38H78N4O3/c1-5-7-9-11-13-15-17-19-21-23-25-35(3)40-37(44)27-31-42(33-29-39-30-34-43)32-28-38(45)41-36(4)26-24-22-20-18-16-14-12-10-8-6-2/h35-36,39,43H,5-34H2,1-4H3,(H,40,44)(H,41,45). The van der Waals surface area contributed by atoms with Crippen molar-refractivity contribution in [2.24, 2.45) is 0 Å². The van der Waals surface area contributed by atoms with Gasteiger partial charge in [-0.1, -0.05) is 142 Å². The number of nitrogens with one attached hydrogen (secondary N) is 3. The minimum absolute atomic E-state index is 0.0949. The molecule has 0 aliphatic rings. The molecule has 0 rings (SSSR count). The van der Waals surface area contributed by atoms with Gasteiger partial charge in [-0.15, -0.1) is 0 Å². The summed E-state index contributed by atoms with van der Waals surface area (Å²) in [5.41, 5.74) is 0. The van der Waals surface area contributed by atoms with Crippen molar-refractivity contribution in [3.63, 3.8) is 0 Å². The molecule has 4 N–H and O–H groups in total. The molecule has 2 unspecified atom stereocenters. The molecule has 0 aliphatic heterocycles.